The summed E-state index contributed by atoms with van der Waals surface area (Å²) < 4.78 is 18.6. The van der Waals surface area contributed by atoms with Gasteiger partial charge in [-0.15, -0.1) is 0 Å². The van der Waals surface area contributed by atoms with E-state index in [1.807, 2.05) is 0 Å². The number of anilines is 1. The van der Waals surface area contributed by atoms with Gasteiger partial charge in [0.15, 0.2) is 11.6 Å². The van der Waals surface area contributed by atoms with Crippen LogP contribution in [0.2, 0.25) is 5.02 Å². The highest BCUT2D eigenvalue weighted by Crippen LogP contribution is 2.28. The maximum absolute atomic E-state index is 13.4. The summed E-state index contributed by atoms with van der Waals surface area (Å²) in [5, 5.41) is 2.96. The number of nitrogens with one attached hydrogen (secondary N) is 1. The highest BCUT2D eigenvalue weighted by molar-refractivity contribution is 6.31. The molecule has 0 unspecified atom stereocenters. The Kier molecular flexibility index (Phi) is 3.39. The largest absolute Gasteiger partial charge is 0.434 e. The third-order valence-corrected chi connectivity index (χ3v) is 2.24. The molecule has 1 N–H and O–H groups in total. The highest BCUT2D eigenvalue weighted by Gasteiger charge is 2.09. The molecule has 0 spiro atoms. The molecule has 6 heteroatoms. The van der Waals surface area contributed by atoms with Crippen LogP contribution in [0, 0.1) is 5.82 Å². The van der Waals surface area contributed by atoms with Crippen LogP contribution in [-0.2, 0) is 0 Å². The van der Waals surface area contributed by atoms with Gasteiger partial charge in [0.1, 0.15) is 5.02 Å². The van der Waals surface area contributed by atoms with E-state index >= 15 is 0 Å². The van der Waals surface area contributed by atoms with Crippen molar-refractivity contribution in [3.63, 3.8) is 0 Å². The third-order valence-electron chi connectivity index (χ3n) is 1.98. The van der Waals surface area contributed by atoms with Crippen molar-refractivity contribution in [2.75, 3.05) is 12.4 Å². The number of nitrogens with zero attached hydrogens (tertiary/aromatic N) is 2. The molecule has 1 heterocycles. The van der Waals surface area contributed by atoms with Gasteiger partial charge < -0.3 is 10.1 Å². The van der Waals surface area contributed by atoms with Crippen LogP contribution < -0.4 is 10.1 Å². The Morgan fingerprint density at radius 3 is 2.82 bits per heavy atom. The Hall–Kier alpha value is -1.88. The molecule has 0 aliphatic carbocycles. The second-order valence-corrected chi connectivity index (χ2v) is 3.54. The average Bonchev–Trinajstić information content (AvgIpc) is 2.35. The number of hydrogen-bond donors (Lipinski definition) is 1. The van der Waals surface area contributed by atoms with E-state index < -0.39 is 5.82 Å². The Balaban J connectivity index is 2.32. The predicted octanol–water partition coefficient (Wildman–Crippen LogP) is 3.10. The van der Waals surface area contributed by atoms with Gasteiger partial charge in [-0.3, -0.25) is 0 Å². The molecule has 88 valence electrons. The molecule has 0 bridgehead atoms. The molecule has 1 aromatic heterocycles. The minimum atomic E-state index is -0.479. The molecule has 0 saturated heterocycles. The molecular weight excluding hydrogens is 245 g/mol. The van der Waals surface area contributed by atoms with Gasteiger partial charge in [-0.2, -0.15) is 4.98 Å². The Morgan fingerprint density at radius 2 is 2.12 bits per heavy atom. The van der Waals surface area contributed by atoms with E-state index in [0.717, 1.165) is 0 Å². The fourth-order valence-corrected chi connectivity index (χ4v) is 1.30. The van der Waals surface area contributed by atoms with Crippen molar-refractivity contribution in [1.29, 1.82) is 0 Å². The summed E-state index contributed by atoms with van der Waals surface area (Å²) in [4.78, 5) is 7.88. The first-order valence-electron chi connectivity index (χ1n) is 4.83. The van der Waals surface area contributed by atoms with Crippen molar-refractivity contribution in [3.05, 3.63) is 41.3 Å². The first kappa shape index (κ1) is 11.6. The average molecular weight is 254 g/mol. The van der Waals surface area contributed by atoms with Crippen LogP contribution in [0.5, 0.6) is 11.6 Å². The second kappa shape index (κ2) is 4.97. The van der Waals surface area contributed by atoms with E-state index in [-0.39, 0.29) is 16.7 Å². The molecule has 0 atom stereocenters. The van der Waals surface area contributed by atoms with E-state index in [2.05, 4.69) is 15.3 Å². The highest BCUT2D eigenvalue weighted by atomic mass is 35.5. The van der Waals surface area contributed by atoms with E-state index in [1.54, 1.807) is 19.2 Å². The molecule has 0 saturated carbocycles. The molecule has 0 amide bonds. The number of para-hydroxylation sites is 1. The zero-order valence-electron chi connectivity index (χ0n) is 8.95. The topological polar surface area (TPSA) is 47.0 Å². The van der Waals surface area contributed by atoms with E-state index in [9.17, 15) is 4.39 Å². The van der Waals surface area contributed by atoms with Crippen LogP contribution in [0.25, 0.3) is 0 Å². The fraction of sp³-hybridized carbons (Fsp3) is 0.0909. The summed E-state index contributed by atoms with van der Waals surface area (Å²) in [6.45, 7) is 0. The van der Waals surface area contributed by atoms with Crippen molar-refractivity contribution in [2.24, 2.45) is 0 Å². The molecule has 0 radical (unpaired) electrons. The number of halogens is 2. The summed E-state index contributed by atoms with van der Waals surface area (Å²) >= 11 is 5.86. The van der Waals surface area contributed by atoms with E-state index in [1.165, 1.54) is 18.3 Å². The lowest BCUT2D eigenvalue weighted by Crippen LogP contribution is -1.99. The maximum atomic E-state index is 13.4. The van der Waals surface area contributed by atoms with Crippen molar-refractivity contribution in [3.8, 4) is 11.6 Å². The van der Waals surface area contributed by atoms with Crippen molar-refractivity contribution in [1.82, 2.24) is 9.97 Å². The molecule has 4 nitrogen and oxygen atoms in total. The Bertz CT molecular complexity index is 536. The fourth-order valence-electron chi connectivity index (χ4n) is 1.18. The van der Waals surface area contributed by atoms with Gasteiger partial charge in [0, 0.05) is 7.05 Å². The van der Waals surface area contributed by atoms with Gasteiger partial charge in [-0.05, 0) is 12.1 Å². The Labute approximate surface area is 102 Å². The summed E-state index contributed by atoms with van der Waals surface area (Å²) in [6, 6.07) is 6.02. The van der Waals surface area contributed by atoms with Crippen LogP contribution in [0.15, 0.2) is 30.5 Å². The van der Waals surface area contributed by atoms with E-state index in [4.69, 9.17) is 16.3 Å². The normalized spacial score (nSPS) is 10.1. The summed E-state index contributed by atoms with van der Waals surface area (Å²) in [6.07, 6.45) is 1.39. The van der Waals surface area contributed by atoms with Crippen molar-refractivity contribution in [2.45, 2.75) is 0 Å². The number of ether oxygens (including phenoxy) is 1. The number of hydrogen-bond acceptors (Lipinski definition) is 4. The second-order valence-electron chi connectivity index (χ2n) is 3.13. The maximum Gasteiger partial charge on any atom is 0.243 e. The lowest BCUT2D eigenvalue weighted by molar-refractivity contribution is 0.427. The molecule has 0 aliphatic rings. The predicted molar refractivity (Wildman–Crippen MR) is 63.1 cm³/mol. The first-order valence-corrected chi connectivity index (χ1v) is 5.21. The molecule has 1 aromatic carbocycles. The molecule has 2 aromatic rings. The number of benzene rings is 1. The van der Waals surface area contributed by atoms with Crippen LogP contribution >= 0.6 is 11.6 Å². The third kappa shape index (κ3) is 2.62. The van der Waals surface area contributed by atoms with Crippen molar-refractivity contribution >= 4 is 17.5 Å². The standard InChI is InChI=1S/C11H9ClFN3O/c1-14-11-15-6-7(12)10(16-11)17-9-5-3-2-4-8(9)13/h2-6H,1H3,(H,14,15,16). The van der Waals surface area contributed by atoms with Gasteiger partial charge in [-0.1, -0.05) is 23.7 Å². The SMILES string of the molecule is CNc1ncc(Cl)c(Oc2ccccc2F)n1. The molecular formula is C11H9ClFN3O. The van der Waals surface area contributed by atoms with Crippen LogP contribution in [-0.4, -0.2) is 17.0 Å². The van der Waals surface area contributed by atoms with Crippen molar-refractivity contribution < 1.29 is 9.13 Å². The minimum absolute atomic E-state index is 0.0650. The quantitative estimate of drug-likeness (QED) is 0.913. The van der Waals surface area contributed by atoms with Crippen LogP contribution in [0.4, 0.5) is 10.3 Å². The molecule has 0 fully saturated rings. The van der Waals surface area contributed by atoms with Gasteiger partial charge in [0.25, 0.3) is 0 Å². The zero-order chi connectivity index (χ0) is 12.3. The number of aromatic nitrogens is 2. The van der Waals surface area contributed by atoms with E-state index in [0.29, 0.717) is 5.95 Å². The zero-order valence-corrected chi connectivity index (χ0v) is 9.70. The summed E-state index contributed by atoms with van der Waals surface area (Å²) in [7, 11) is 1.66. The summed E-state index contributed by atoms with van der Waals surface area (Å²) in [5.41, 5.74) is 0. The monoisotopic (exact) mass is 253 g/mol. The van der Waals surface area contributed by atoms with Gasteiger partial charge >= 0.3 is 0 Å². The lowest BCUT2D eigenvalue weighted by atomic mass is 10.3. The molecule has 2 rings (SSSR count). The smallest absolute Gasteiger partial charge is 0.243 e. The lowest BCUT2D eigenvalue weighted by Gasteiger charge is -2.07. The van der Waals surface area contributed by atoms with Gasteiger partial charge in [-0.25, -0.2) is 9.37 Å². The molecule has 0 aliphatic heterocycles. The van der Waals surface area contributed by atoms with Crippen LogP contribution in [0.3, 0.4) is 0 Å². The first-order chi connectivity index (χ1) is 8.20. The summed E-state index contributed by atoms with van der Waals surface area (Å²) in [5.74, 6) is 0.0418. The molecule has 17 heavy (non-hydrogen) atoms. The Morgan fingerprint density at radius 1 is 1.35 bits per heavy atom. The van der Waals surface area contributed by atoms with Gasteiger partial charge in [0.2, 0.25) is 11.8 Å². The van der Waals surface area contributed by atoms with Crippen LogP contribution in [0.1, 0.15) is 0 Å². The minimum Gasteiger partial charge on any atom is -0.434 e. The number of rotatable bonds is 3. The van der Waals surface area contributed by atoms with Gasteiger partial charge in [0.05, 0.1) is 6.20 Å².